The van der Waals surface area contributed by atoms with Crippen LogP contribution in [0.2, 0.25) is 5.02 Å². The molecule has 1 amide bonds. The summed E-state index contributed by atoms with van der Waals surface area (Å²) in [6.07, 6.45) is 2.78. The van der Waals surface area contributed by atoms with Gasteiger partial charge in [0.25, 0.3) is 5.91 Å². The van der Waals surface area contributed by atoms with Gasteiger partial charge in [-0.15, -0.1) is 0 Å². The fraction of sp³-hybridized carbons (Fsp3) is 0.269. The van der Waals surface area contributed by atoms with Crippen molar-refractivity contribution in [1.29, 1.82) is 0 Å². The number of rotatable bonds is 6. The first-order valence-corrected chi connectivity index (χ1v) is 12.4. The van der Waals surface area contributed by atoms with Gasteiger partial charge in [-0.25, -0.2) is 4.98 Å². The predicted octanol–water partition coefficient (Wildman–Crippen LogP) is 5.58. The van der Waals surface area contributed by atoms with Crippen molar-refractivity contribution in [3.05, 3.63) is 88.7 Å². The molecule has 4 aromatic rings. The summed E-state index contributed by atoms with van der Waals surface area (Å²) >= 11 is 7.43. The number of halogens is 1. The lowest BCUT2D eigenvalue weighted by atomic mass is 9.97. The van der Waals surface area contributed by atoms with E-state index >= 15 is 0 Å². The zero-order valence-corrected chi connectivity index (χ0v) is 19.8. The van der Waals surface area contributed by atoms with Crippen LogP contribution in [-0.2, 0) is 6.42 Å². The van der Waals surface area contributed by atoms with Crippen molar-refractivity contribution in [3.63, 3.8) is 0 Å². The summed E-state index contributed by atoms with van der Waals surface area (Å²) in [5.74, 6) is 1.33. The number of hydrogen-bond acceptors (Lipinski definition) is 5. The Morgan fingerprint density at radius 3 is 2.58 bits per heavy atom. The zero-order valence-electron chi connectivity index (χ0n) is 18.2. The first-order valence-electron chi connectivity index (χ1n) is 11.2. The molecule has 0 unspecified atom stereocenters. The van der Waals surface area contributed by atoms with Gasteiger partial charge in [0.05, 0.1) is 0 Å². The van der Waals surface area contributed by atoms with E-state index in [0.717, 1.165) is 58.2 Å². The molecule has 1 N–H and O–H groups in total. The van der Waals surface area contributed by atoms with E-state index in [2.05, 4.69) is 20.7 Å². The largest absolute Gasteiger partial charge is 0.352 e. The highest BCUT2D eigenvalue weighted by Gasteiger charge is 2.22. The number of carbonyl (C=O) groups is 1. The average Bonchev–Trinajstić information content (AvgIpc) is 3.32. The van der Waals surface area contributed by atoms with Crippen molar-refractivity contribution < 1.29 is 4.79 Å². The molecule has 0 saturated carbocycles. The molecule has 3 aromatic carbocycles. The van der Waals surface area contributed by atoms with E-state index in [9.17, 15) is 4.79 Å². The van der Waals surface area contributed by atoms with Crippen molar-refractivity contribution >= 4 is 44.9 Å². The van der Waals surface area contributed by atoms with E-state index in [4.69, 9.17) is 16.6 Å². The molecule has 1 aromatic heterocycles. The van der Waals surface area contributed by atoms with Gasteiger partial charge in [0, 0.05) is 48.2 Å². The third-order valence-corrected chi connectivity index (χ3v) is 7.25. The lowest BCUT2D eigenvalue weighted by Gasteiger charge is -2.31. The van der Waals surface area contributed by atoms with E-state index in [-0.39, 0.29) is 5.91 Å². The van der Waals surface area contributed by atoms with Crippen LogP contribution in [0.4, 0.5) is 5.13 Å². The van der Waals surface area contributed by atoms with Crippen LogP contribution in [0.25, 0.3) is 10.8 Å². The van der Waals surface area contributed by atoms with Gasteiger partial charge in [-0.2, -0.15) is 4.37 Å². The van der Waals surface area contributed by atoms with E-state index < -0.39 is 0 Å². The highest BCUT2D eigenvalue weighted by molar-refractivity contribution is 7.09. The maximum Gasteiger partial charge on any atom is 0.251 e. The van der Waals surface area contributed by atoms with Crippen LogP contribution in [0.15, 0.2) is 66.7 Å². The number of benzene rings is 3. The maximum atomic E-state index is 12.6. The second-order valence-electron chi connectivity index (χ2n) is 8.50. The molecule has 33 heavy (non-hydrogen) atoms. The van der Waals surface area contributed by atoms with Crippen LogP contribution in [0.1, 0.15) is 34.6 Å². The topological polar surface area (TPSA) is 58.1 Å². The molecule has 5 nitrogen and oxygen atoms in total. The molecule has 7 heteroatoms. The molecular weight excluding hydrogens is 452 g/mol. The van der Waals surface area contributed by atoms with Gasteiger partial charge < -0.3 is 10.2 Å². The van der Waals surface area contributed by atoms with E-state index in [0.29, 0.717) is 24.4 Å². The summed E-state index contributed by atoms with van der Waals surface area (Å²) in [5, 5.41) is 7.09. The van der Waals surface area contributed by atoms with Crippen molar-refractivity contribution in [2.45, 2.75) is 19.3 Å². The number of anilines is 1. The van der Waals surface area contributed by atoms with E-state index in [1.165, 1.54) is 11.5 Å². The van der Waals surface area contributed by atoms with Crippen LogP contribution in [0, 0.1) is 5.92 Å². The average molecular weight is 477 g/mol. The van der Waals surface area contributed by atoms with Gasteiger partial charge in [-0.1, -0.05) is 54.1 Å². The molecule has 0 bridgehead atoms. The minimum Gasteiger partial charge on any atom is -0.352 e. The SMILES string of the molecule is O=C(NCC1CCN(c2nc(Cc3ccc(Cl)cc3)ns2)CC1)c1ccc2ccccc2c1. The normalized spacial score (nSPS) is 14.5. The number of nitrogens with zero attached hydrogens (tertiary/aromatic N) is 3. The van der Waals surface area contributed by atoms with Crippen LogP contribution in [-0.4, -0.2) is 34.9 Å². The second kappa shape index (κ2) is 9.89. The number of amides is 1. The molecule has 0 spiro atoms. The monoisotopic (exact) mass is 476 g/mol. The van der Waals surface area contributed by atoms with Crippen LogP contribution in [0.5, 0.6) is 0 Å². The summed E-state index contributed by atoms with van der Waals surface area (Å²) in [6.45, 7) is 2.58. The van der Waals surface area contributed by atoms with E-state index in [1.54, 1.807) is 0 Å². The second-order valence-corrected chi connectivity index (χ2v) is 9.67. The number of fused-ring (bicyclic) bond motifs is 1. The van der Waals surface area contributed by atoms with Crippen molar-refractivity contribution in [3.8, 4) is 0 Å². The summed E-state index contributed by atoms with van der Waals surface area (Å²) < 4.78 is 4.54. The zero-order chi connectivity index (χ0) is 22.6. The summed E-state index contributed by atoms with van der Waals surface area (Å²) in [7, 11) is 0. The summed E-state index contributed by atoms with van der Waals surface area (Å²) in [6, 6.07) is 21.8. The standard InChI is InChI=1S/C26H25ClN4OS/c27-23-9-5-18(6-10-23)15-24-29-26(33-30-24)31-13-11-19(12-14-31)17-28-25(32)22-8-7-20-3-1-2-4-21(20)16-22/h1-10,16,19H,11-15,17H2,(H,28,32). The number of piperidine rings is 1. The van der Waals surface area contributed by atoms with Gasteiger partial charge in [0.15, 0.2) is 0 Å². The highest BCUT2D eigenvalue weighted by Crippen LogP contribution is 2.25. The number of carbonyl (C=O) groups excluding carboxylic acids is 1. The Morgan fingerprint density at radius 1 is 1.03 bits per heavy atom. The summed E-state index contributed by atoms with van der Waals surface area (Å²) in [4.78, 5) is 19.7. The number of aromatic nitrogens is 2. The molecule has 5 rings (SSSR count). The fourth-order valence-corrected chi connectivity index (χ4v) is 5.09. The molecular formula is C26H25ClN4OS. The van der Waals surface area contributed by atoms with Gasteiger partial charge >= 0.3 is 0 Å². The van der Waals surface area contributed by atoms with Crippen LogP contribution >= 0.6 is 23.1 Å². The molecule has 0 radical (unpaired) electrons. The first kappa shape index (κ1) is 21.9. The fourth-order valence-electron chi connectivity index (χ4n) is 4.23. The van der Waals surface area contributed by atoms with Gasteiger partial charge in [0.2, 0.25) is 5.13 Å². The van der Waals surface area contributed by atoms with Crippen molar-refractivity contribution in [2.75, 3.05) is 24.5 Å². The third-order valence-electron chi connectivity index (χ3n) is 6.18. The van der Waals surface area contributed by atoms with Gasteiger partial charge in [-0.3, -0.25) is 4.79 Å². The predicted molar refractivity (Wildman–Crippen MR) is 135 cm³/mol. The Kier molecular flexibility index (Phi) is 6.55. The Labute approximate surface area is 202 Å². The van der Waals surface area contributed by atoms with Crippen molar-refractivity contribution in [1.82, 2.24) is 14.7 Å². The Morgan fingerprint density at radius 2 is 1.79 bits per heavy atom. The van der Waals surface area contributed by atoms with E-state index in [1.807, 2.05) is 60.7 Å². The molecule has 1 aliphatic heterocycles. The van der Waals surface area contributed by atoms with Gasteiger partial charge in [0.1, 0.15) is 5.82 Å². The van der Waals surface area contributed by atoms with Crippen LogP contribution < -0.4 is 10.2 Å². The molecule has 2 heterocycles. The first-order chi connectivity index (χ1) is 16.1. The molecule has 0 aliphatic carbocycles. The summed E-state index contributed by atoms with van der Waals surface area (Å²) in [5.41, 5.74) is 1.87. The van der Waals surface area contributed by atoms with Crippen molar-refractivity contribution in [2.24, 2.45) is 5.92 Å². The molecule has 1 fully saturated rings. The minimum atomic E-state index is -0.000789. The van der Waals surface area contributed by atoms with Gasteiger partial charge in [-0.05, 0) is 59.4 Å². The third kappa shape index (κ3) is 5.34. The number of hydrogen-bond donors (Lipinski definition) is 1. The molecule has 0 atom stereocenters. The number of nitrogens with one attached hydrogen (secondary N) is 1. The lowest BCUT2D eigenvalue weighted by molar-refractivity contribution is 0.0945. The lowest BCUT2D eigenvalue weighted by Crippen LogP contribution is -2.38. The quantitative estimate of drug-likeness (QED) is 0.394. The molecule has 1 aliphatic rings. The molecule has 168 valence electrons. The molecule has 1 saturated heterocycles. The minimum absolute atomic E-state index is 0.000789. The Balaban J connectivity index is 1.11. The Hall–Kier alpha value is -2.96. The Bertz CT molecular complexity index is 1250. The smallest absolute Gasteiger partial charge is 0.251 e. The van der Waals surface area contributed by atoms with Crippen LogP contribution in [0.3, 0.4) is 0 Å². The highest BCUT2D eigenvalue weighted by atomic mass is 35.5. The maximum absolute atomic E-state index is 12.6.